The number of piperazine rings is 1. The van der Waals surface area contributed by atoms with Gasteiger partial charge in [0.2, 0.25) is 0 Å². The summed E-state index contributed by atoms with van der Waals surface area (Å²) >= 11 is 6.10. The lowest BCUT2D eigenvalue weighted by Gasteiger charge is -2.32. The number of hydrogen-bond donors (Lipinski definition) is 2. The van der Waals surface area contributed by atoms with Gasteiger partial charge in [0, 0.05) is 38.4 Å². The van der Waals surface area contributed by atoms with Crippen LogP contribution < -0.4 is 4.74 Å². The van der Waals surface area contributed by atoms with Crippen LogP contribution in [0.15, 0.2) is 36.7 Å². The van der Waals surface area contributed by atoms with Crippen LogP contribution in [0.4, 0.5) is 4.79 Å². The highest BCUT2D eigenvalue weighted by molar-refractivity contribution is 6.34. The molecule has 1 aliphatic heterocycles. The second-order valence-electron chi connectivity index (χ2n) is 6.59. The van der Waals surface area contributed by atoms with Crippen molar-refractivity contribution in [1.82, 2.24) is 24.8 Å². The van der Waals surface area contributed by atoms with Crippen LogP contribution in [0, 0.1) is 0 Å². The molecular formula is C19H20ClN5O3. The molecule has 0 saturated carbocycles. The number of carboxylic acid groups (broad SMARTS) is 1. The van der Waals surface area contributed by atoms with Crippen molar-refractivity contribution < 1.29 is 14.6 Å². The van der Waals surface area contributed by atoms with Gasteiger partial charge >= 0.3 is 6.09 Å². The molecule has 1 aromatic carbocycles. The monoisotopic (exact) mass is 401 g/mol. The van der Waals surface area contributed by atoms with E-state index in [0.717, 1.165) is 42.0 Å². The first-order chi connectivity index (χ1) is 13.6. The zero-order chi connectivity index (χ0) is 19.5. The summed E-state index contributed by atoms with van der Waals surface area (Å²) < 4.78 is 5.83. The molecule has 1 aliphatic rings. The standard InChI is InChI=1S/C19H20ClN5O3/c20-17-15-11-16(23-18(15)22-12-21-17)13-1-3-14(4-2-13)28-10-9-24-5-7-25(8-6-24)19(26)27/h1-4,11-12H,5-10H2,(H,26,27)(H,21,22,23). The van der Waals surface area contributed by atoms with Crippen molar-refractivity contribution in [3.63, 3.8) is 0 Å². The van der Waals surface area contributed by atoms with Crippen LogP contribution >= 0.6 is 11.6 Å². The van der Waals surface area contributed by atoms with Gasteiger partial charge in [-0.2, -0.15) is 0 Å². The molecule has 3 aromatic rings. The molecule has 2 aromatic heterocycles. The Morgan fingerprint density at radius 3 is 2.61 bits per heavy atom. The number of carbonyl (C=O) groups is 1. The number of H-pyrrole nitrogens is 1. The quantitative estimate of drug-likeness (QED) is 0.638. The van der Waals surface area contributed by atoms with E-state index in [1.807, 2.05) is 30.3 Å². The van der Waals surface area contributed by atoms with Crippen LogP contribution in [-0.2, 0) is 0 Å². The van der Waals surface area contributed by atoms with Crippen LogP contribution in [-0.4, -0.2) is 75.3 Å². The number of fused-ring (bicyclic) bond motifs is 1. The number of aromatic nitrogens is 3. The topological polar surface area (TPSA) is 94.6 Å². The van der Waals surface area contributed by atoms with E-state index >= 15 is 0 Å². The molecule has 0 atom stereocenters. The maximum Gasteiger partial charge on any atom is 0.407 e. The molecule has 0 radical (unpaired) electrons. The molecule has 9 heteroatoms. The molecule has 28 heavy (non-hydrogen) atoms. The van der Waals surface area contributed by atoms with E-state index in [1.165, 1.54) is 11.2 Å². The molecule has 0 unspecified atom stereocenters. The molecule has 4 rings (SSSR count). The number of benzene rings is 1. The summed E-state index contributed by atoms with van der Waals surface area (Å²) in [5.74, 6) is 0.793. The van der Waals surface area contributed by atoms with Crippen LogP contribution in [0.1, 0.15) is 0 Å². The second-order valence-corrected chi connectivity index (χ2v) is 6.95. The number of amides is 1. The summed E-state index contributed by atoms with van der Waals surface area (Å²) in [6, 6.07) is 9.75. The maximum absolute atomic E-state index is 10.9. The summed E-state index contributed by atoms with van der Waals surface area (Å²) in [5, 5.41) is 10.2. The highest BCUT2D eigenvalue weighted by atomic mass is 35.5. The van der Waals surface area contributed by atoms with Crippen LogP contribution in [0.3, 0.4) is 0 Å². The summed E-state index contributed by atoms with van der Waals surface area (Å²) in [6.45, 7) is 3.89. The van der Waals surface area contributed by atoms with Crippen LogP contribution in [0.5, 0.6) is 5.75 Å². The summed E-state index contributed by atoms with van der Waals surface area (Å²) in [5.41, 5.74) is 2.63. The minimum absolute atomic E-state index is 0.427. The van der Waals surface area contributed by atoms with Gasteiger partial charge in [-0.1, -0.05) is 11.6 Å². The molecule has 0 spiro atoms. The number of aromatic amines is 1. The first-order valence-corrected chi connectivity index (χ1v) is 9.40. The Morgan fingerprint density at radius 1 is 1.18 bits per heavy atom. The van der Waals surface area contributed by atoms with E-state index in [2.05, 4.69) is 19.9 Å². The highest BCUT2D eigenvalue weighted by Crippen LogP contribution is 2.27. The van der Waals surface area contributed by atoms with Gasteiger partial charge in [-0.25, -0.2) is 14.8 Å². The van der Waals surface area contributed by atoms with Crippen LogP contribution in [0.2, 0.25) is 5.15 Å². The van der Waals surface area contributed by atoms with Crippen molar-refractivity contribution in [2.75, 3.05) is 39.3 Å². The first kappa shape index (κ1) is 18.5. The summed E-state index contributed by atoms with van der Waals surface area (Å²) in [6.07, 6.45) is 0.587. The third kappa shape index (κ3) is 4.02. The Hall–Kier alpha value is -2.84. The summed E-state index contributed by atoms with van der Waals surface area (Å²) in [4.78, 5) is 26.0. The predicted molar refractivity (Wildman–Crippen MR) is 106 cm³/mol. The Balaban J connectivity index is 1.31. The lowest BCUT2D eigenvalue weighted by molar-refractivity contribution is 0.0985. The molecule has 1 fully saturated rings. The van der Waals surface area contributed by atoms with Gasteiger partial charge in [-0.05, 0) is 35.9 Å². The molecule has 1 saturated heterocycles. The van der Waals surface area contributed by atoms with E-state index in [4.69, 9.17) is 21.4 Å². The summed E-state index contributed by atoms with van der Waals surface area (Å²) in [7, 11) is 0. The molecule has 0 bridgehead atoms. The number of nitrogens with one attached hydrogen (secondary N) is 1. The van der Waals surface area contributed by atoms with Gasteiger partial charge in [-0.15, -0.1) is 0 Å². The van der Waals surface area contributed by atoms with E-state index < -0.39 is 6.09 Å². The number of halogens is 1. The molecule has 0 aliphatic carbocycles. The van der Waals surface area contributed by atoms with Crippen LogP contribution in [0.25, 0.3) is 22.3 Å². The Kier molecular flexibility index (Phi) is 5.31. The largest absolute Gasteiger partial charge is 0.492 e. The van der Waals surface area contributed by atoms with E-state index in [-0.39, 0.29) is 0 Å². The van der Waals surface area contributed by atoms with Crippen molar-refractivity contribution in [3.8, 4) is 17.0 Å². The third-order valence-corrected chi connectivity index (χ3v) is 5.16. The zero-order valence-corrected chi connectivity index (χ0v) is 15.9. The fraction of sp³-hybridized carbons (Fsp3) is 0.316. The van der Waals surface area contributed by atoms with Gasteiger partial charge in [0.15, 0.2) is 0 Å². The Morgan fingerprint density at radius 2 is 1.93 bits per heavy atom. The predicted octanol–water partition coefficient (Wildman–Crippen LogP) is 2.95. The number of nitrogens with zero attached hydrogens (tertiary/aromatic N) is 4. The maximum atomic E-state index is 10.9. The van der Waals surface area contributed by atoms with E-state index in [1.54, 1.807) is 0 Å². The molecule has 8 nitrogen and oxygen atoms in total. The third-order valence-electron chi connectivity index (χ3n) is 4.86. The Bertz CT molecular complexity index is 967. The molecular weight excluding hydrogens is 382 g/mol. The highest BCUT2D eigenvalue weighted by Gasteiger charge is 2.19. The van der Waals surface area contributed by atoms with Gasteiger partial charge in [0.05, 0.1) is 5.39 Å². The fourth-order valence-electron chi connectivity index (χ4n) is 3.25. The fourth-order valence-corrected chi connectivity index (χ4v) is 3.44. The second kappa shape index (κ2) is 8.04. The molecule has 1 amide bonds. The lowest BCUT2D eigenvalue weighted by atomic mass is 10.1. The minimum Gasteiger partial charge on any atom is -0.492 e. The molecule has 2 N–H and O–H groups in total. The van der Waals surface area contributed by atoms with Gasteiger partial charge in [0.25, 0.3) is 0 Å². The van der Waals surface area contributed by atoms with Gasteiger partial charge < -0.3 is 19.7 Å². The minimum atomic E-state index is -0.847. The number of ether oxygens (including phenoxy) is 1. The Labute approximate surface area is 166 Å². The average molecular weight is 402 g/mol. The average Bonchev–Trinajstić information content (AvgIpc) is 3.15. The van der Waals surface area contributed by atoms with Crippen molar-refractivity contribution >= 4 is 28.7 Å². The van der Waals surface area contributed by atoms with E-state index in [9.17, 15) is 4.79 Å². The van der Waals surface area contributed by atoms with E-state index in [0.29, 0.717) is 30.5 Å². The smallest absolute Gasteiger partial charge is 0.407 e. The van der Waals surface area contributed by atoms with Gasteiger partial charge in [-0.3, -0.25) is 4.90 Å². The molecule has 3 heterocycles. The zero-order valence-electron chi connectivity index (χ0n) is 15.1. The van der Waals surface area contributed by atoms with Crippen molar-refractivity contribution in [1.29, 1.82) is 0 Å². The van der Waals surface area contributed by atoms with Crippen molar-refractivity contribution in [2.24, 2.45) is 0 Å². The normalized spacial score (nSPS) is 15.1. The SMILES string of the molecule is O=C(O)N1CCN(CCOc2ccc(-c3cc4c(Cl)ncnc4[nH]3)cc2)CC1. The number of rotatable bonds is 5. The lowest BCUT2D eigenvalue weighted by Crippen LogP contribution is -2.49. The van der Waals surface area contributed by atoms with Crippen molar-refractivity contribution in [2.45, 2.75) is 0 Å². The molecule has 146 valence electrons. The number of hydrogen-bond acceptors (Lipinski definition) is 5. The van der Waals surface area contributed by atoms with Crippen molar-refractivity contribution in [3.05, 3.63) is 41.8 Å². The van der Waals surface area contributed by atoms with Gasteiger partial charge in [0.1, 0.15) is 29.5 Å². The first-order valence-electron chi connectivity index (χ1n) is 9.03.